The summed E-state index contributed by atoms with van der Waals surface area (Å²) < 4.78 is 0. The van der Waals surface area contributed by atoms with Crippen LogP contribution in [0.15, 0.2) is 72.8 Å². The number of rotatable bonds is 15. The summed E-state index contributed by atoms with van der Waals surface area (Å²) in [6.45, 7) is 13.3. The smallest absolute Gasteiger partial charge is 0.159 e. The molecule has 0 aliphatic heterocycles. The maximum Gasteiger partial charge on any atom is 0.159 e. The molecule has 234 valence electrons. The highest BCUT2D eigenvalue weighted by Crippen LogP contribution is 2.33. The van der Waals surface area contributed by atoms with Crippen molar-refractivity contribution in [2.24, 2.45) is 0 Å². The van der Waals surface area contributed by atoms with Crippen LogP contribution in [-0.2, 0) is 38.9 Å². The van der Waals surface area contributed by atoms with Crippen molar-refractivity contribution < 1.29 is 14.4 Å². The van der Waals surface area contributed by atoms with Crippen molar-refractivity contribution in [1.82, 2.24) is 0 Å². The van der Waals surface area contributed by atoms with Gasteiger partial charge < -0.3 is 16.0 Å². The summed E-state index contributed by atoms with van der Waals surface area (Å²) in [5, 5.41) is 10.9. The van der Waals surface area contributed by atoms with E-state index in [4.69, 9.17) is 0 Å². The van der Waals surface area contributed by atoms with Crippen LogP contribution in [0.3, 0.4) is 0 Å². The van der Waals surface area contributed by atoms with Crippen LogP contribution in [0.25, 0.3) is 0 Å². The van der Waals surface area contributed by atoms with Crippen LogP contribution >= 0.6 is 0 Å². The molecule has 0 aromatic heterocycles. The third kappa shape index (κ3) is 8.07. The van der Waals surface area contributed by atoms with Gasteiger partial charge in [-0.05, 0) is 110 Å². The number of ketones is 3. The van der Waals surface area contributed by atoms with Crippen LogP contribution in [0.5, 0.6) is 0 Å². The third-order valence-corrected chi connectivity index (χ3v) is 8.46. The molecule has 45 heavy (non-hydrogen) atoms. The Balaban J connectivity index is 1.79. The summed E-state index contributed by atoms with van der Waals surface area (Å²) in [6, 6.07) is 23.0. The molecule has 0 aliphatic carbocycles. The SMILES string of the molecule is CCc1c(CNc2cccc(C(C)=O)c2)c(CC)c(CNc2cccc(C(C)=O)c2)c(CC)c1CNc1cccc(C(C)=O)c1. The molecule has 4 aromatic carbocycles. The normalized spacial score (nSPS) is 10.8. The topological polar surface area (TPSA) is 87.3 Å². The number of hydrogen-bond donors (Lipinski definition) is 3. The largest absolute Gasteiger partial charge is 0.381 e. The highest BCUT2D eigenvalue weighted by atomic mass is 16.1. The van der Waals surface area contributed by atoms with Crippen LogP contribution in [0.2, 0.25) is 0 Å². The molecule has 0 heterocycles. The molecule has 0 fully saturated rings. The predicted octanol–water partition coefficient (Wildman–Crippen LogP) is 8.82. The van der Waals surface area contributed by atoms with Crippen LogP contribution in [0.1, 0.15) is 106 Å². The molecule has 0 spiro atoms. The fourth-order valence-electron chi connectivity index (χ4n) is 6.13. The number of carbonyl (C=O) groups excluding carboxylic acids is 3. The zero-order valence-electron chi connectivity index (χ0n) is 27.4. The van der Waals surface area contributed by atoms with Gasteiger partial charge in [0, 0.05) is 53.4 Å². The second-order valence-corrected chi connectivity index (χ2v) is 11.4. The summed E-state index contributed by atoms with van der Waals surface area (Å²) in [5.74, 6) is 0.122. The van der Waals surface area contributed by atoms with Crippen molar-refractivity contribution in [1.29, 1.82) is 0 Å². The second-order valence-electron chi connectivity index (χ2n) is 11.4. The Kier molecular flexibility index (Phi) is 11.3. The molecule has 3 N–H and O–H groups in total. The molecule has 0 aliphatic rings. The summed E-state index contributed by atoms with van der Waals surface area (Å²) in [5.41, 5.74) is 12.5. The van der Waals surface area contributed by atoms with E-state index in [1.165, 1.54) is 33.4 Å². The molecule has 0 atom stereocenters. The van der Waals surface area contributed by atoms with Gasteiger partial charge in [-0.25, -0.2) is 0 Å². The van der Waals surface area contributed by atoms with Crippen molar-refractivity contribution in [3.63, 3.8) is 0 Å². The van der Waals surface area contributed by atoms with E-state index in [1.807, 2.05) is 72.8 Å². The molecule has 0 amide bonds. The number of anilines is 3. The van der Waals surface area contributed by atoms with Gasteiger partial charge in [-0.2, -0.15) is 0 Å². The average molecular weight is 604 g/mol. The summed E-state index contributed by atoms with van der Waals surface area (Å²) >= 11 is 0. The Labute approximate surface area is 267 Å². The monoisotopic (exact) mass is 603 g/mol. The predicted molar refractivity (Wildman–Crippen MR) is 186 cm³/mol. The van der Waals surface area contributed by atoms with Gasteiger partial charge >= 0.3 is 0 Å². The zero-order valence-corrected chi connectivity index (χ0v) is 27.4. The standard InChI is InChI=1S/C39H45N3O3/c1-7-34-37(22-40-31-16-10-13-28(19-31)25(4)43)35(8-2)39(24-42-33-18-12-15-30(21-33)27(6)45)36(9-3)38(34)23-41-32-17-11-14-29(20-32)26(5)44/h10-21,40-42H,7-9,22-24H2,1-6H3. The Bertz CT molecular complexity index is 1490. The molecule has 0 bridgehead atoms. The van der Waals surface area contributed by atoms with Gasteiger partial charge in [0.1, 0.15) is 0 Å². The van der Waals surface area contributed by atoms with Gasteiger partial charge in [-0.1, -0.05) is 57.2 Å². The molecular formula is C39H45N3O3. The second kappa shape index (κ2) is 15.3. The van der Waals surface area contributed by atoms with Gasteiger partial charge in [0.05, 0.1) is 0 Å². The van der Waals surface area contributed by atoms with Crippen LogP contribution in [0, 0.1) is 0 Å². The maximum atomic E-state index is 12.0. The minimum atomic E-state index is 0.0406. The van der Waals surface area contributed by atoms with Crippen molar-refractivity contribution in [3.05, 3.63) is 123 Å². The quantitative estimate of drug-likeness (QED) is 0.118. The lowest BCUT2D eigenvalue weighted by Crippen LogP contribution is -2.19. The van der Waals surface area contributed by atoms with Gasteiger partial charge in [-0.3, -0.25) is 14.4 Å². The number of benzene rings is 4. The molecule has 0 saturated carbocycles. The van der Waals surface area contributed by atoms with E-state index in [0.29, 0.717) is 36.3 Å². The lowest BCUT2D eigenvalue weighted by atomic mass is 9.83. The fraction of sp³-hybridized carbons (Fsp3) is 0.308. The Morgan fingerprint density at radius 3 is 0.933 bits per heavy atom. The first-order valence-corrected chi connectivity index (χ1v) is 15.9. The van der Waals surface area contributed by atoms with E-state index in [0.717, 1.165) is 36.3 Å². The molecule has 0 saturated heterocycles. The summed E-state index contributed by atoms with van der Waals surface area (Å²) in [6.07, 6.45) is 2.59. The van der Waals surface area contributed by atoms with E-state index in [2.05, 4.69) is 36.7 Å². The lowest BCUT2D eigenvalue weighted by molar-refractivity contribution is 0.100. The fourth-order valence-corrected chi connectivity index (χ4v) is 6.13. The van der Waals surface area contributed by atoms with E-state index in [9.17, 15) is 14.4 Å². The zero-order chi connectivity index (χ0) is 32.5. The summed E-state index contributed by atoms with van der Waals surface area (Å²) in [4.78, 5) is 36.1. The Morgan fingerprint density at radius 2 is 0.711 bits per heavy atom. The maximum absolute atomic E-state index is 12.0. The number of Topliss-reactive ketones (excluding diaryl/α,β-unsaturated/α-hetero) is 3. The van der Waals surface area contributed by atoms with Crippen molar-refractivity contribution in [2.75, 3.05) is 16.0 Å². The van der Waals surface area contributed by atoms with Crippen molar-refractivity contribution in [2.45, 2.75) is 80.4 Å². The van der Waals surface area contributed by atoms with Crippen LogP contribution in [-0.4, -0.2) is 17.3 Å². The van der Waals surface area contributed by atoms with Gasteiger partial charge in [0.2, 0.25) is 0 Å². The first kappa shape index (κ1) is 33.2. The first-order chi connectivity index (χ1) is 21.7. The number of hydrogen-bond acceptors (Lipinski definition) is 6. The molecule has 0 unspecified atom stereocenters. The highest BCUT2D eigenvalue weighted by molar-refractivity contribution is 5.96. The van der Waals surface area contributed by atoms with Gasteiger partial charge in [-0.15, -0.1) is 0 Å². The minimum Gasteiger partial charge on any atom is -0.381 e. The van der Waals surface area contributed by atoms with E-state index >= 15 is 0 Å². The minimum absolute atomic E-state index is 0.0406. The molecule has 6 nitrogen and oxygen atoms in total. The molecule has 0 radical (unpaired) electrons. The number of nitrogens with one attached hydrogen (secondary N) is 3. The van der Waals surface area contributed by atoms with E-state index in [1.54, 1.807) is 20.8 Å². The Morgan fingerprint density at radius 1 is 0.444 bits per heavy atom. The van der Waals surface area contributed by atoms with Gasteiger partial charge in [0.15, 0.2) is 17.3 Å². The molecule has 4 rings (SSSR count). The van der Waals surface area contributed by atoms with Gasteiger partial charge in [0.25, 0.3) is 0 Å². The molecular weight excluding hydrogens is 558 g/mol. The summed E-state index contributed by atoms with van der Waals surface area (Å²) in [7, 11) is 0. The molecule has 6 heteroatoms. The average Bonchev–Trinajstić information content (AvgIpc) is 3.05. The van der Waals surface area contributed by atoms with E-state index < -0.39 is 0 Å². The van der Waals surface area contributed by atoms with E-state index in [-0.39, 0.29) is 17.3 Å². The van der Waals surface area contributed by atoms with Crippen LogP contribution < -0.4 is 16.0 Å². The number of carbonyl (C=O) groups is 3. The molecule has 4 aromatic rings. The highest BCUT2D eigenvalue weighted by Gasteiger charge is 2.21. The van der Waals surface area contributed by atoms with Crippen LogP contribution in [0.4, 0.5) is 17.1 Å². The van der Waals surface area contributed by atoms with Crippen molar-refractivity contribution >= 4 is 34.4 Å². The first-order valence-electron chi connectivity index (χ1n) is 15.9. The van der Waals surface area contributed by atoms with Crippen molar-refractivity contribution in [3.8, 4) is 0 Å². The Hall–Kier alpha value is -4.71. The lowest BCUT2D eigenvalue weighted by Gasteiger charge is -2.27. The third-order valence-electron chi connectivity index (χ3n) is 8.46.